The van der Waals surface area contributed by atoms with Crippen molar-refractivity contribution in [2.24, 2.45) is 5.41 Å². The number of sulfonamides is 1. The fourth-order valence-corrected chi connectivity index (χ4v) is 3.53. The smallest absolute Gasteiger partial charge is 0.243 e. The molecule has 0 atom stereocenters. The first kappa shape index (κ1) is 19.2. The number of nitrogens with one attached hydrogen (secondary N) is 2. The number of rotatable bonds is 4. The van der Waals surface area contributed by atoms with Crippen LogP contribution in [0.25, 0.3) is 0 Å². The number of benzene rings is 1. The van der Waals surface area contributed by atoms with Gasteiger partial charge >= 0.3 is 0 Å². The van der Waals surface area contributed by atoms with Crippen LogP contribution in [0.5, 0.6) is 0 Å². The molecule has 0 unspecified atom stereocenters. The van der Waals surface area contributed by atoms with Gasteiger partial charge in [-0.3, -0.25) is 0 Å². The zero-order chi connectivity index (χ0) is 15.7. The summed E-state index contributed by atoms with van der Waals surface area (Å²) in [6.45, 7) is 3.60. The molecule has 22 heavy (non-hydrogen) atoms. The van der Waals surface area contributed by atoms with Crippen LogP contribution in [-0.2, 0) is 10.0 Å². The Balaban J connectivity index is 0.00000242. The molecule has 4 nitrogen and oxygen atoms in total. The molecule has 0 aliphatic carbocycles. The summed E-state index contributed by atoms with van der Waals surface area (Å²) in [5.41, 5.74) is -0.243. The molecule has 1 aliphatic heterocycles. The molecule has 9 heteroatoms. The van der Waals surface area contributed by atoms with Gasteiger partial charge in [0.15, 0.2) is 11.6 Å². The minimum Gasteiger partial charge on any atom is -0.317 e. The van der Waals surface area contributed by atoms with Gasteiger partial charge < -0.3 is 5.32 Å². The monoisotopic (exact) mass is 358 g/mol. The van der Waals surface area contributed by atoms with Crippen LogP contribution in [0.4, 0.5) is 13.2 Å². The van der Waals surface area contributed by atoms with E-state index in [0.717, 1.165) is 25.9 Å². The van der Waals surface area contributed by atoms with E-state index in [2.05, 4.69) is 10.0 Å². The summed E-state index contributed by atoms with van der Waals surface area (Å²) in [5, 5.41) is 3.16. The molecule has 2 N–H and O–H groups in total. The third kappa shape index (κ3) is 4.34. The predicted molar refractivity (Wildman–Crippen MR) is 79.0 cm³/mol. The molecule has 0 spiro atoms. The second-order valence-electron chi connectivity index (χ2n) is 5.58. The molecular formula is C13H18ClF3N2O2S. The van der Waals surface area contributed by atoms with Gasteiger partial charge in [-0.2, -0.15) is 0 Å². The molecule has 1 aromatic rings. The molecular weight excluding hydrogens is 341 g/mol. The van der Waals surface area contributed by atoms with Gasteiger partial charge in [-0.25, -0.2) is 26.3 Å². The van der Waals surface area contributed by atoms with Crippen LogP contribution in [0, 0.1) is 22.9 Å². The van der Waals surface area contributed by atoms with E-state index in [1.165, 1.54) is 0 Å². The van der Waals surface area contributed by atoms with Crippen molar-refractivity contribution in [3.63, 3.8) is 0 Å². The van der Waals surface area contributed by atoms with Crippen LogP contribution in [0.3, 0.4) is 0 Å². The summed E-state index contributed by atoms with van der Waals surface area (Å²) >= 11 is 0. The van der Waals surface area contributed by atoms with E-state index < -0.39 is 32.4 Å². The highest BCUT2D eigenvalue weighted by molar-refractivity contribution is 7.89. The quantitative estimate of drug-likeness (QED) is 0.811. The Morgan fingerprint density at radius 1 is 1.14 bits per heavy atom. The Kier molecular flexibility index (Phi) is 6.26. The molecule has 1 fully saturated rings. The van der Waals surface area contributed by atoms with Crippen LogP contribution in [-0.4, -0.2) is 28.1 Å². The van der Waals surface area contributed by atoms with E-state index in [0.29, 0.717) is 6.07 Å². The molecule has 1 saturated heterocycles. The second kappa shape index (κ2) is 7.16. The van der Waals surface area contributed by atoms with Gasteiger partial charge in [0.25, 0.3) is 0 Å². The van der Waals surface area contributed by atoms with E-state index in [-0.39, 0.29) is 30.4 Å². The number of halogens is 4. The number of hydrogen-bond acceptors (Lipinski definition) is 3. The van der Waals surface area contributed by atoms with Crippen molar-refractivity contribution in [3.8, 4) is 0 Å². The summed E-state index contributed by atoms with van der Waals surface area (Å²) in [7, 11) is -4.22. The zero-order valence-corrected chi connectivity index (χ0v) is 13.6. The van der Waals surface area contributed by atoms with Crippen molar-refractivity contribution < 1.29 is 21.6 Å². The maximum absolute atomic E-state index is 13.6. The van der Waals surface area contributed by atoms with E-state index in [1.807, 2.05) is 6.92 Å². The van der Waals surface area contributed by atoms with E-state index in [9.17, 15) is 21.6 Å². The summed E-state index contributed by atoms with van der Waals surface area (Å²) in [5.74, 6) is -4.13. The van der Waals surface area contributed by atoms with Crippen molar-refractivity contribution in [3.05, 3.63) is 29.6 Å². The second-order valence-corrected chi connectivity index (χ2v) is 7.32. The van der Waals surface area contributed by atoms with E-state index >= 15 is 0 Å². The molecule has 0 amide bonds. The lowest BCUT2D eigenvalue weighted by atomic mass is 9.81. The topological polar surface area (TPSA) is 58.2 Å². The lowest BCUT2D eigenvalue weighted by Crippen LogP contribution is -2.43. The average molecular weight is 359 g/mol. The molecule has 2 rings (SSSR count). The van der Waals surface area contributed by atoms with Crippen LogP contribution in [0.2, 0.25) is 0 Å². The summed E-state index contributed by atoms with van der Waals surface area (Å²) in [6.07, 6.45) is 1.55. The zero-order valence-electron chi connectivity index (χ0n) is 12.0. The van der Waals surface area contributed by atoms with Crippen LogP contribution >= 0.6 is 12.4 Å². The largest absolute Gasteiger partial charge is 0.317 e. The average Bonchev–Trinajstić information content (AvgIpc) is 2.42. The molecule has 0 bridgehead atoms. The standard InChI is InChI=1S/C13H17F3N2O2S.ClH/c1-13(2-4-17-5-3-13)8-18-21(19,20)12-7-10(15)9(14)6-11(12)16;/h6-7,17-18H,2-5,8H2,1H3;1H. The van der Waals surface area contributed by atoms with Gasteiger partial charge in [0.05, 0.1) is 0 Å². The highest BCUT2D eigenvalue weighted by atomic mass is 35.5. The third-order valence-corrected chi connectivity index (χ3v) is 5.18. The molecule has 1 aliphatic rings. The minimum absolute atomic E-state index is 0. The van der Waals surface area contributed by atoms with Crippen LogP contribution in [0.15, 0.2) is 17.0 Å². The molecule has 0 aromatic heterocycles. The minimum atomic E-state index is -4.22. The van der Waals surface area contributed by atoms with Crippen molar-refractivity contribution in [1.29, 1.82) is 0 Å². The Hall–Kier alpha value is -0.830. The first-order valence-corrected chi connectivity index (χ1v) is 8.07. The normalized spacial score (nSPS) is 17.8. The van der Waals surface area contributed by atoms with Crippen molar-refractivity contribution in [1.82, 2.24) is 10.0 Å². The highest BCUT2D eigenvalue weighted by Gasteiger charge is 2.30. The fraction of sp³-hybridized carbons (Fsp3) is 0.538. The molecule has 1 aromatic carbocycles. The van der Waals surface area contributed by atoms with Gasteiger partial charge in [0.2, 0.25) is 10.0 Å². The van der Waals surface area contributed by atoms with Crippen molar-refractivity contribution >= 4 is 22.4 Å². The Labute approximate surface area is 133 Å². The number of piperidine rings is 1. The molecule has 0 saturated carbocycles. The van der Waals surface area contributed by atoms with Crippen molar-refractivity contribution in [2.45, 2.75) is 24.7 Å². The third-order valence-electron chi connectivity index (χ3n) is 3.76. The van der Waals surface area contributed by atoms with E-state index in [4.69, 9.17) is 0 Å². The molecule has 1 heterocycles. The molecule has 0 radical (unpaired) electrons. The van der Waals surface area contributed by atoms with Gasteiger partial charge in [0.1, 0.15) is 10.7 Å². The lowest BCUT2D eigenvalue weighted by Gasteiger charge is -2.34. The number of hydrogen-bond donors (Lipinski definition) is 2. The van der Waals surface area contributed by atoms with Gasteiger partial charge in [-0.15, -0.1) is 12.4 Å². The Morgan fingerprint density at radius 2 is 1.68 bits per heavy atom. The summed E-state index contributed by atoms with van der Waals surface area (Å²) in [6, 6.07) is 0.591. The van der Waals surface area contributed by atoms with Gasteiger partial charge in [-0.1, -0.05) is 6.92 Å². The summed E-state index contributed by atoms with van der Waals surface area (Å²) < 4.78 is 65.9. The SMILES string of the molecule is CC1(CNS(=O)(=O)c2cc(F)c(F)cc2F)CCNCC1.Cl. The Bertz CT molecular complexity index is 634. The van der Waals surface area contributed by atoms with Crippen molar-refractivity contribution in [2.75, 3.05) is 19.6 Å². The predicted octanol–water partition coefficient (Wildman–Crippen LogP) is 2.19. The molecule has 126 valence electrons. The van der Waals surface area contributed by atoms with Gasteiger partial charge in [-0.05, 0) is 37.4 Å². The fourth-order valence-electron chi connectivity index (χ4n) is 2.26. The summed E-state index contributed by atoms with van der Waals surface area (Å²) in [4.78, 5) is -0.876. The first-order chi connectivity index (χ1) is 9.73. The Morgan fingerprint density at radius 3 is 2.27 bits per heavy atom. The maximum Gasteiger partial charge on any atom is 0.243 e. The van der Waals surface area contributed by atoms with E-state index in [1.54, 1.807) is 0 Å². The van der Waals surface area contributed by atoms with Crippen LogP contribution < -0.4 is 10.0 Å². The van der Waals surface area contributed by atoms with Gasteiger partial charge in [0, 0.05) is 12.6 Å². The van der Waals surface area contributed by atoms with Crippen LogP contribution in [0.1, 0.15) is 19.8 Å². The highest BCUT2D eigenvalue weighted by Crippen LogP contribution is 2.27. The maximum atomic E-state index is 13.6. The lowest BCUT2D eigenvalue weighted by molar-refractivity contribution is 0.232. The first-order valence-electron chi connectivity index (χ1n) is 6.58.